The van der Waals surface area contributed by atoms with Crippen LogP contribution >= 0.6 is 15.9 Å². The first-order valence-electron chi connectivity index (χ1n) is 7.34. The van der Waals surface area contributed by atoms with Crippen LogP contribution in [0.3, 0.4) is 0 Å². The zero-order valence-corrected chi connectivity index (χ0v) is 13.6. The van der Waals surface area contributed by atoms with Gasteiger partial charge in [0, 0.05) is 16.7 Å². The van der Waals surface area contributed by atoms with E-state index >= 15 is 0 Å². The SMILES string of the molecule is CC1(CNCC(=O)Nc2ccc(Br)cc2)CCCCC1. The van der Waals surface area contributed by atoms with E-state index in [0.717, 1.165) is 16.7 Å². The molecule has 1 saturated carbocycles. The quantitative estimate of drug-likeness (QED) is 0.853. The number of carbonyl (C=O) groups excluding carboxylic acids is 1. The fourth-order valence-electron chi connectivity index (χ4n) is 2.80. The summed E-state index contributed by atoms with van der Waals surface area (Å²) in [6.07, 6.45) is 6.55. The fraction of sp³-hybridized carbons (Fsp3) is 0.562. The number of benzene rings is 1. The van der Waals surface area contributed by atoms with Gasteiger partial charge in [0.1, 0.15) is 0 Å². The van der Waals surface area contributed by atoms with Crippen molar-refractivity contribution in [2.45, 2.75) is 39.0 Å². The van der Waals surface area contributed by atoms with E-state index in [1.165, 1.54) is 32.1 Å². The molecule has 1 amide bonds. The molecular formula is C16H23BrN2O. The lowest BCUT2D eigenvalue weighted by atomic mass is 9.76. The Bertz CT molecular complexity index is 438. The van der Waals surface area contributed by atoms with Gasteiger partial charge in [0.15, 0.2) is 0 Å². The molecule has 1 fully saturated rings. The van der Waals surface area contributed by atoms with Gasteiger partial charge in [0.25, 0.3) is 0 Å². The fourth-order valence-corrected chi connectivity index (χ4v) is 3.06. The molecule has 0 radical (unpaired) electrons. The van der Waals surface area contributed by atoms with Crippen LogP contribution in [0, 0.1) is 5.41 Å². The van der Waals surface area contributed by atoms with Crippen molar-refractivity contribution >= 4 is 27.5 Å². The average Bonchev–Trinajstić information content (AvgIpc) is 2.42. The molecule has 0 heterocycles. The molecule has 0 unspecified atom stereocenters. The second kappa shape index (κ2) is 7.23. The standard InChI is InChI=1S/C16H23BrN2O/c1-16(9-3-2-4-10-16)12-18-11-15(20)19-14-7-5-13(17)6-8-14/h5-8,18H,2-4,9-12H2,1H3,(H,19,20). The van der Waals surface area contributed by atoms with E-state index in [0.29, 0.717) is 12.0 Å². The molecule has 3 nitrogen and oxygen atoms in total. The van der Waals surface area contributed by atoms with Gasteiger partial charge in [-0.05, 0) is 42.5 Å². The highest BCUT2D eigenvalue weighted by atomic mass is 79.9. The van der Waals surface area contributed by atoms with Crippen molar-refractivity contribution in [3.8, 4) is 0 Å². The van der Waals surface area contributed by atoms with Crippen molar-refractivity contribution in [1.82, 2.24) is 5.32 Å². The maximum absolute atomic E-state index is 11.9. The highest BCUT2D eigenvalue weighted by Gasteiger charge is 2.26. The molecule has 20 heavy (non-hydrogen) atoms. The lowest BCUT2D eigenvalue weighted by molar-refractivity contribution is -0.115. The monoisotopic (exact) mass is 338 g/mol. The van der Waals surface area contributed by atoms with Crippen LogP contribution in [0.2, 0.25) is 0 Å². The molecule has 4 heteroatoms. The number of hydrogen-bond donors (Lipinski definition) is 2. The third-order valence-corrected chi connectivity index (χ3v) is 4.55. The molecule has 0 atom stereocenters. The van der Waals surface area contributed by atoms with Crippen molar-refractivity contribution in [1.29, 1.82) is 0 Å². The Balaban J connectivity index is 1.71. The van der Waals surface area contributed by atoms with Crippen LogP contribution in [0.15, 0.2) is 28.7 Å². The predicted molar refractivity (Wildman–Crippen MR) is 86.8 cm³/mol. The molecule has 2 N–H and O–H groups in total. The minimum Gasteiger partial charge on any atom is -0.325 e. The summed E-state index contributed by atoms with van der Waals surface area (Å²) in [4.78, 5) is 11.9. The van der Waals surface area contributed by atoms with Crippen LogP contribution in [-0.2, 0) is 4.79 Å². The molecule has 0 aromatic heterocycles. The van der Waals surface area contributed by atoms with Crippen LogP contribution in [0.4, 0.5) is 5.69 Å². The predicted octanol–water partition coefficient (Wildman–Crippen LogP) is 3.95. The van der Waals surface area contributed by atoms with E-state index in [-0.39, 0.29) is 5.91 Å². The molecule has 1 aliphatic rings. The second-order valence-corrected chi connectivity index (χ2v) is 6.95. The Morgan fingerprint density at radius 2 is 1.85 bits per heavy atom. The highest BCUT2D eigenvalue weighted by Crippen LogP contribution is 2.34. The number of amides is 1. The molecule has 0 aliphatic heterocycles. The third kappa shape index (κ3) is 4.91. The zero-order valence-electron chi connectivity index (χ0n) is 12.0. The Morgan fingerprint density at radius 1 is 1.20 bits per heavy atom. The molecule has 1 aromatic rings. The highest BCUT2D eigenvalue weighted by molar-refractivity contribution is 9.10. The largest absolute Gasteiger partial charge is 0.325 e. The van der Waals surface area contributed by atoms with E-state index in [4.69, 9.17) is 0 Å². The van der Waals surface area contributed by atoms with E-state index < -0.39 is 0 Å². The maximum atomic E-state index is 11.9. The van der Waals surface area contributed by atoms with Crippen molar-refractivity contribution < 1.29 is 4.79 Å². The second-order valence-electron chi connectivity index (χ2n) is 6.03. The van der Waals surface area contributed by atoms with E-state index in [2.05, 4.69) is 33.5 Å². The summed E-state index contributed by atoms with van der Waals surface area (Å²) in [5, 5.41) is 6.20. The minimum absolute atomic E-state index is 0.0201. The molecule has 110 valence electrons. The molecule has 1 aliphatic carbocycles. The van der Waals surface area contributed by atoms with Gasteiger partial charge in [0.05, 0.1) is 6.54 Å². The van der Waals surface area contributed by atoms with Crippen molar-refractivity contribution in [3.63, 3.8) is 0 Å². The van der Waals surface area contributed by atoms with Gasteiger partial charge in [-0.3, -0.25) is 4.79 Å². The van der Waals surface area contributed by atoms with Gasteiger partial charge in [0.2, 0.25) is 5.91 Å². The third-order valence-electron chi connectivity index (χ3n) is 4.03. The Morgan fingerprint density at radius 3 is 2.50 bits per heavy atom. The number of anilines is 1. The van der Waals surface area contributed by atoms with E-state index in [9.17, 15) is 4.79 Å². The first-order chi connectivity index (χ1) is 9.57. The zero-order chi connectivity index (χ0) is 14.4. The Labute approximate surface area is 129 Å². The number of carbonyl (C=O) groups is 1. The van der Waals surface area contributed by atoms with Crippen LogP contribution in [0.25, 0.3) is 0 Å². The minimum atomic E-state index is 0.0201. The van der Waals surface area contributed by atoms with Crippen LogP contribution in [0.5, 0.6) is 0 Å². The van der Waals surface area contributed by atoms with Gasteiger partial charge in [-0.15, -0.1) is 0 Å². The number of halogens is 1. The van der Waals surface area contributed by atoms with Crippen molar-refractivity contribution in [2.75, 3.05) is 18.4 Å². The summed E-state index contributed by atoms with van der Waals surface area (Å²) in [7, 11) is 0. The normalized spacial score (nSPS) is 17.7. The van der Waals surface area contributed by atoms with E-state index in [1.54, 1.807) is 0 Å². The van der Waals surface area contributed by atoms with Gasteiger partial charge in [-0.1, -0.05) is 42.1 Å². The van der Waals surface area contributed by atoms with Gasteiger partial charge in [-0.25, -0.2) is 0 Å². The summed E-state index contributed by atoms with van der Waals surface area (Å²) >= 11 is 3.38. The lowest BCUT2D eigenvalue weighted by Crippen LogP contribution is -2.37. The number of rotatable bonds is 5. The van der Waals surface area contributed by atoms with Gasteiger partial charge >= 0.3 is 0 Å². The first kappa shape index (κ1) is 15.5. The number of nitrogens with one attached hydrogen (secondary N) is 2. The van der Waals surface area contributed by atoms with Crippen LogP contribution in [0.1, 0.15) is 39.0 Å². The molecule has 1 aromatic carbocycles. The molecule has 2 rings (SSSR count). The lowest BCUT2D eigenvalue weighted by Gasteiger charge is -2.33. The van der Waals surface area contributed by atoms with Crippen molar-refractivity contribution in [3.05, 3.63) is 28.7 Å². The maximum Gasteiger partial charge on any atom is 0.238 e. The van der Waals surface area contributed by atoms with Gasteiger partial charge in [-0.2, -0.15) is 0 Å². The smallest absolute Gasteiger partial charge is 0.238 e. The van der Waals surface area contributed by atoms with Crippen molar-refractivity contribution in [2.24, 2.45) is 5.41 Å². The topological polar surface area (TPSA) is 41.1 Å². The van der Waals surface area contributed by atoms with Crippen LogP contribution < -0.4 is 10.6 Å². The molecule has 0 bridgehead atoms. The average molecular weight is 339 g/mol. The molecule has 0 saturated heterocycles. The number of hydrogen-bond acceptors (Lipinski definition) is 2. The Hall–Kier alpha value is -0.870. The summed E-state index contributed by atoms with van der Waals surface area (Å²) in [5.74, 6) is 0.0201. The first-order valence-corrected chi connectivity index (χ1v) is 8.13. The Kier molecular flexibility index (Phi) is 5.61. The van der Waals surface area contributed by atoms with Gasteiger partial charge < -0.3 is 10.6 Å². The summed E-state index contributed by atoms with van der Waals surface area (Å²) in [5.41, 5.74) is 1.21. The van der Waals surface area contributed by atoms with E-state index in [1.807, 2.05) is 24.3 Å². The summed E-state index contributed by atoms with van der Waals surface area (Å²) < 4.78 is 1.01. The summed E-state index contributed by atoms with van der Waals surface area (Å²) in [6.45, 7) is 3.64. The molecule has 0 spiro atoms. The summed E-state index contributed by atoms with van der Waals surface area (Å²) in [6, 6.07) is 7.63. The van der Waals surface area contributed by atoms with Crippen LogP contribution in [-0.4, -0.2) is 19.0 Å². The molecular weight excluding hydrogens is 316 g/mol.